The van der Waals surface area contributed by atoms with E-state index in [2.05, 4.69) is 15.3 Å². The first kappa shape index (κ1) is 26.3. The summed E-state index contributed by atoms with van der Waals surface area (Å²) in [4.78, 5) is 33.9. The second-order valence-electron chi connectivity index (χ2n) is 9.62. The zero-order valence-electron chi connectivity index (χ0n) is 20.4. The molecular formula is C24H26F2N6O4S. The lowest BCUT2D eigenvalue weighted by molar-refractivity contribution is 0.0210. The van der Waals surface area contributed by atoms with Crippen LogP contribution in [0.3, 0.4) is 0 Å². The quantitative estimate of drug-likeness (QED) is 0.383. The molecule has 10 nitrogen and oxygen atoms in total. The fourth-order valence-electron chi connectivity index (χ4n) is 4.04. The number of piperidine rings is 1. The Morgan fingerprint density at radius 2 is 1.95 bits per heavy atom. The average molecular weight is 533 g/mol. The molecule has 0 radical (unpaired) electrons. The van der Waals surface area contributed by atoms with Gasteiger partial charge in [-0.15, -0.1) is 3.89 Å². The van der Waals surface area contributed by atoms with Gasteiger partial charge in [0.05, 0.1) is 11.9 Å². The molecule has 0 aliphatic carbocycles. The Morgan fingerprint density at radius 3 is 2.57 bits per heavy atom. The topological polar surface area (TPSA) is 133 Å². The highest BCUT2D eigenvalue weighted by atomic mass is 32.2. The van der Waals surface area contributed by atoms with Gasteiger partial charge >= 0.3 is 12.1 Å². The van der Waals surface area contributed by atoms with Gasteiger partial charge in [-0.25, -0.2) is 27.9 Å². The molecule has 196 valence electrons. The van der Waals surface area contributed by atoms with Crippen LogP contribution in [0.25, 0.3) is 11.2 Å². The number of aromatic carboxylic acids is 1. The Bertz CT molecular complexity index is 1370. The van der Waals surface area contributed by atoms with Crippen molar-refractivity contribution in [3.8, 4) is 0 Å². The number of carbonyl (C=O) groups excluding carboxylic acids is 1. The van der Waals surface area contributed by atoms with E-state index in [9.17, 15) is 23.0 Å². The van der Waals surface area contributed by atoms with Crippen molar-refractivity contribution in [1.29, 1.82) is 5.41 Å². The largest absolute Gasteiger partial charge is 0.478 e. The summed E-state index contributed by atoms with van der Waals surface area (Å²) in [5.74, 6) is -1.81. The molecule has 1 saturated heterocycles. The van der Waals surface area contributed by atoms with Gasteiger partial charge in [-0.3, -0.25) is 5.41 Å². The summed E-state index contributed by atoms with van der Waals surface area (Å²) in [6.45, 7) is 6.33. The Labute approximate surface area is 216 Å². The Balaban J connectivity index is 1.55. The summed E-state index contributed by atoms with van der Waals surface area (Å²) in [6, 6.07) is 3.83. The number of rotatable bonds is 6. The second-order valence-corrected chi connectivity index (χ2v) is 10.2. The van der Waals surface area contributed by atoms with Gasteiger partial charge in [-0.2, -0.15) is 0 Å². The van der Waals surface area contributed by atoms with Crippen molar-refractivity contribution in [1.82, 2.24) is 18.8 Å². The van der Waals surface area contributed by atoms with Crippen molar-refractivity contribution in [2.24, 2.45) is 0 Å². The smallest absolute Gasteiger partial charge is 0.410 e. The third-order valence-electron chi connectivity index (χ3n) is 5.78. The van der Waals surface area contributed by atoms with Crippen LogP contribution in [0, 0.1) is 11.2 Å². The molecule has 3 heterocycles. The van der Waals surface area contributed by atoms with E-state index in [1.54, 1.807) is 25.7 Å². The van der Waals surface area contributed by atoms with Crippen molar-refractivity contribution in [2.75, 3.05) is 18.4 Å². The number of nitrogens with one attached hydrogen (secondary N) is 2. The summed E-state index contributed by atoms with van der Waals surface area (Å²) in [7, 11) is 0. The maximum absolute atomic E-state index is 14.2. The van der Waals surface area contributed by atoms with Crippen LogP contribution in [0.4, 0.5) is 18.8 Å². The maximum Gasteiger partial charge on any atom is 0.410 e. The zero-order chi connectivity index (χ0) is 26.9. The highest BCUT2D eigenvalue weighted by Gasteiger charge is 2.28. The number of fused-ring (bicyclic) bond motifs is 1. The summed E-state index contributed by atoms with van der Waals surface area (Å²) < 4.78 is 33.7. The van der Waals surface area contributed by atoms with Gasteiger partial charge in [0.15, 0.2) is 18.0 Å². The number of hydrogen-bond donors (Lipinski definition) is 3. The Morgan fingerprint density at radius 1 is 1.24 bits per heavy atom. The van der Waals surface area contributed by atoms with Crippen molar-refractivity contribution in [3.05, 3.63) is 53.2 Å². The van der Waals surface area contributed by atoms with E-state index in [0.29, 0.717) is 37.2 Å². The minimum atomic E-state index is -1.31. The molecule has 1 fully saturated rings. The van der Waals surface area contributed by atoms with E-state index in [4.69, 9.17) is 10.1 Å². The van der Waals surface area contributed by atoms with E-state index >= 15 is 0 Å². The molecule has 0 atom stereocenters. The molecule has 0 unspecified atom stereocenters. The first-order chi connectivity index (χ1) is 17.5. The van der Waals surface area contributed by atoms with Crippen LogP contribution < -0.4 is 5.32 Å². The number of carboxylic acids is 1. The van der Waals surface area contributed by atoms with E-state index in [1.165, 1.54) is 24.4 Å². The molecule has 0 bridgehead atoms. The number of aromatic nitrogens is 3. The molecule has 1 aromatic carbocycles. The number of nitrogens with zero attached hydrogens (tertiary/aromatic N) is 4. The number of anilines is 1. The first-order valence-corrected chi connectivity index (χ1v) is 12.2. The highest BCUT2D eigenvalue weighted by Crippen LogP contribution is 2.27. The SMILES string of the molecule is CC(C)(C)OC(=O)N1CCC(Nc2cc(F)ccc2C(=N)c2cnc3c(n2)c(C(=O)O)cn3SF)CC1. The maximum atomic E-state index is 14.2. The lowest BCUT2D eigenvalue weighted by Crippen LogP contribution is -2.44. The first-order valence-electron chi connectivity index (χ1n) is 11.5. The monoisotopic (exact) mass is 532 g/mol. The van der Waals surface area contributed by atoms with Crippen LogP contribution in [0.1, 0.15) is 55.2 Å². The predicted octanol–water partition coefficient (Wildman–Crippen LogP) is 4.88. The molecule has 1 amide bonds. The number of halogens is 2. The van der Waals surface area contributed by atoms with Gasteiger partial charge in [0.1, 0.15) is 28.2 Å². The zero-order valence-corrected chi connectivity index (χ0v) is 21.2. The molecule has 13 heteroatoms. The summed E-state index contributed by atoms with van der Waals surface area (Å²) in [5.41, 5.74) is -0.268. The van der Waals surface area contributed by atoms with Crippen LogP contribution in [0.15, 0.2) is 30.6 Å². The number of benzene rings is 1. The third-order valence-corrected chi connectivity index (χ3v) is 6.21. The summed E-state index contributed by atoms with van der Waals surface area (Å²) >= 11 is -0.212. The van der Waals surface area contributed by atoms with E-state index in [1.807, 2.05) is 0 Å². The molecule has 3 N–H and O–H groups in total. The van der Waals surface area contributed by atoms with Crippen molar-refractivity contribution in [3.63, 3.8) is 0 Å². The van der Waals surface area contributed by atoms with E-state index in [-0.39, 0.29) is 52.6 Å². The van der Waals surface area contributed by atoms with Gasteiger partial charge in [0, 0.05) is 36.6 Å². The molecular weight excluding hydrogens is 506 g/mol. The van der Waals surface area contributed by atoms with Gasteiger partial charge < -0.3 is 20.1 Å². The highest BCUT2D eigenvalue weighted by molar-refractivity contribution is 7.92. The fourth-order valence-corrected chi connectivity index (χ4v) is 4.38. The van der Waals surface area contributed by atoms with Gasteiger partial charge in [0.25, 0.3) is 0 Å². The molecule has 1 aliphatic rings. The molecule has 2 aromatic heterocycles. The van der Waals surface area contributed by atoms with Crippen molar-refractivity contribution >= 4 is 47.0 Å². The van der Waals surface area contributed by atoms with Crippen LogP contribution >= 0.6 is 12.3 Å². The van der Waals surface area contributed by atoms with Crippen molar-refractivity contribution in [2.45, 2.75) is 45.3 Å². The lowest BCUT2D eigenvalue weighted by Gasteiger charge is -2.34. The van der Waals surface area contributed by atoms with Gasteiger partial charge in [0.2, 0.25) is 0 Å². The number of amides is 1. The minimum Gasteiger partial charge on any atom is -0.478 e. The van der Waals surface area contributed by atoms with Crippen molar-refractivity contribution < 1.29 is 27.7 Å². The van der Waals surface area contributed by atoms with Crippen LogP contribution in [0.5, 0.6) is 0 Å². The number of carboxylic acid groups (broad SMARTS) is 1. The normalized spacial score (nSPS) is 14.6. The number of ether oxygens (including phenoxy) is 1. The number of likely N-dealkylation sites (tertiary alicyclic amines) is 1. The standard InChI is InChI=1S/C24H26F2N6O4S/c1-24(2,3)36-23(35)31-8-6-14(7-9-31)29-17-10-13(25)4-5-15(17)19(27)18-11-28-21-20(30-18)16(22(33)34)12-32(21)37-26/h4-5,10-12,14,27,29H,6-9H2,1-3H3,(H,33,34). The molecule has 37 heavy (non-hydrogen) atoms. The molecule has 3 aromatic rings. The summed E-state index contributed by atoms with van der Waals surface area (Å²) in [5, 5.41) is 21.4. The van der Waals surface area contributed by atoms with Crippen LogP contribution in [-0.4, -0.2) is 66.5 Å². The fraction of sp³-hybridized carbons (Fsp3) is 0.375. The Hall–Kier alpha value is -3.74. The molecule has 0 saturated carbocycles. The molecule has 0 spiro atoms. The summed E-state index contributed by atoms with van der Waals surface area (Å²) in [6.07, 6.45) is 3.11. The second kappa shape index (κ2) is 10.3. The molecule has 4 rings (SSSR count). The molecule has 1 aliphatic heterocycles. The van der Waals surface area contributed by atoms with E-state index < -0.39 is 17.4 Å². The van der Waals surface area contributed by atoms with Crippen LogP contribution in [0.2, 0.25) is 0 Å². The van der Waals surface area contributed by atoms with Gasteiger partial charge in [-0.1, -0.05) is 0 Å². The van der Waals surface area contributed by atoms with Crippen LogP contribution in [-0.2, 0) is 4.74 Å². The van der Waals surface area contributed by atoms with E-state index in [0.717, 1.165) is 10.2 Å². The third kappa shape index (κ3) is 5.82. The number of hydrogen-bond acceptors (Lipinski definition) is 8. The minimum absolute atomic E-state index is 0.00986. The Kier molecular flexibility index (Phi) is 7.35. The number of carbonyl (C=O) groups is 2. The average Bonchev–Trinajstić information content (AvgIpc) is 3.21. The van der Waals surface area contributed by atoms with Gasteiger partial charge in [-0.05, 0) is 51.8 Å². The predicted molar refractivity (Wildman–Crippen MR) is 135 cm³/mol. The lowest BCUT2D eigenvalue weighted by atomic mass is 10.0.